The third-order valence-corrected chi connectivity index (χ3v) is 4.78. The van der Waals surface area contributed by atoms with Crippen LogP contribution in [0, 0.1) is 17.0 Å². The van der Waals surface area contributed by atoms with E-state index in [2.05, 4.69) is 33.0 Å². The largest absolute Gasteiger partial charge is 0.355 e. The Kier molecular flexibility index (Phi) is 3.89. The summed E-state index contributed by atoms with van der Waals surface area (Å²) in [6, 6.07) is 15.8. The zero-order valence-corrected chi connectivity index (χ0v) is 14.1. The number of nitrogens with one attached hydrogen (secondary N) is 1. The Morgan fingerprint density at radius 3 is 2.60 bits per heavy atom. The maximum Gasteiger partial charge on any atom is 0.274 e. The van der Waals surface area contributed by atoms with Gasteiger partial charge in [-0.2, -0.15) is 0 Å². The third-order valence-electron chi connectivity index (χ3n) is 4.78. The fraction of sp³-hybridized carbons (Fsp3) is 0.263. The summed E-state index contributed by atoms with van der Waals surface area (Å²) in [5, 5.41) is 15.9. The van der Waals surface area contributed by atoms with Crippen molar-refractivity contribution in [2.45, 2.75) is 6.92 Å². The van der Waals surface area contributed by atoms with E-state index in [1.807, 2.05) is 24.3 Å². The molecule has 0 bridgehead atoms. The molecular weight excluding hydrogens is 316 g/mol. The molecule has 6 heteroatoms. The second kappa shape index (κ2) is 6.22. The van der Waals surface area contributed by atoms with Gasteiger partial charge < -0.3 is 10.2 Å². The molecule has 2 aromatic carbocycles. The van der Waals surface area contributed by atoms with Crippen LogP contribution in [0.25, 0.3) is 16.6 Å². The number of hydrogen-bond donors (Lipinski definition) is 1. The average molecular weight is 336 g/mol. The van der Waals surface area contributed by atoms with Crippen LogP contribution in [0.4, 0.5) is 11.5 Å². The molecule has 4 rings (SSSR count). The minimum atomic E-state index is -0.311. The first-order valence-corrected chi connectivity index (χ1v) is 8.47. The van der Waals surface area contributed by atoms with E-state index < -0.39 is 0 Å². The Morgan fingerprint density at radius 1 is 1.08 bits per heavy atom. The Balaban J connectivity index is 1.93. The molecule has 1 aromatic heterocycles. The molecule has 1 aliphatic rings. The molecule has 0 atom stereocenters. The lowest BCUT2D eigenvalue weighted by Crippen LogP contribution is -2.44. The van der Waals surface area contributed by atoms with Gasteiger partial charge in [0.25, 0.3) is 5.69 Å². The van der Waals surface area contributed by atoms with Gasteiger partial charge in [-0.3, -0.25) is 14.7 Å². The van der Waals surface area contributed by atoms with Crippen LogP contribution in [0.3, 0.4) is 0 Å². The molecule has 1 aliphatic heterocycles. The predicted octanol–water partition coefficient (Wildman–Crippen LogP) is 3.26. The van der Waals surface area contributed by atoms with Gasteiger partial charge in [-0.25, -0.2) is 0 Å². The summed E-state index contributed by atoms with van der Waals surface area (Å²) in [5.41, 5.74) is 2.72. The highest BCUT2D eigenvalue weighted by molar-refractivity contribution is 5.87. The number of hydrogen-bond acceptors (Lipinski definition) is 4. The Labute approximate surface area is 145 Å². The monoisotopic (exact) mass is 336 g/mol. The highest BCUT2D eigenvalue weighted by atomic mass is 16.6. The van der Waals surface area contributed by atoms with Crippen LogP contribution in [-0.2, 0) is 0 Å². The summed E-state index contributed by atoms with van der Waals surface area (Å²) >= 11 is 0. The molecule has 1 saturated heterocycles. The van der Waals surface area contributed by atoms with Crippen molar-refractivity contribution in [1.82, 2.24) is 9.88 Å². The molecule has 2 heterocycles. The summed E-state index contributed by atoms with van der Waals surface area (Å²) in [4.78, 5) is 13.4. The van der Waals surface area contributed by atoms with Crippen molar-refractivity contribution in [2.75, 3.05) is 31.1 Å². The number of aryl methyl sites for hydroxylation is 1. The van der Waals surface area contributed by atoms with Crippen molar-refractivity contribution in [3.8, 4) is 5.69 Å². The quantitative estimate of drug-likeness (QED) is 0.589. The van der Waals surface area contributed by atoms with Crippen LogP contribution in [-0.4, -0.2) is 35.7 Å². The summed E-state index contributed by atoms with van der Waals surface area (Å²) in [6.07, 6.45) is 0. The molecular formula is C19H20N4O2. The number of fused-ring (bicyclic) bond motifs is 1. The molecule has 0 saturated carbocycles. The van der Waals surface area contributed by atoms with Crippen LogP contribution in [0.1, 0.15) is 5.56 Å². The fourth-order valence-corrected chi connectivity index (χ4v) is 3.47. The zero-order valence-electron chi connectivity index (χ0n) is 14.1. The number of benzene rings is 2. The van der Waals surface area contributed by atoms with Crippen LogP contribution >= 0.6 is 0 Å². The van der Waals surface area contributed by atoms with Crippen molar-refractivity contribution in [3.05, 3.63) is 64.2 Å². The lowest BCUT2D eigenvalue weighted by molar-refractivity contribution is -0.385. The van der Waals surface area contributed by atoms with Gasteiger partial charge in [-0.15, -0.1) is 0 Å². The number of para-hydroxylation sites is 1. The molecule has 1 N–H and O–H groups in total. The third kappa shape index (κ3) is 2.74. The second-order valence-corrected chi connectivity index (χ2v) is 6.36. The Bertz CT molecular complexity index is 942. The van der Waals surface area contributed by atoms with Crippen LogP contribution in [0.2, 0.25) is 0 Å². The van der Waals surface area contributed by atoms with E-state index in [0.29, 0.717) is 5.56 Å². The molecule has 6 nitrogen and oxygen atoms in total. The number of rotatable bonds is 3. The molecule has 0 aliphatic carbocycles. The molecule has 0 radical (unpaired) electrons. The molecule has 0 unspecified atom stereocenters. The molecule has 0 spiro atoms. The number of nitrogens with zero attached hydrogens (tertiary/aromatic N) is 3. The maximum absolute atomic E-state index is 11.4. The van der Waals surface area contributed by atoms with E-state index in [-0.39, 0.29) is 10.6 Å². The van der Waals surface area contributed by atoms with Gasteiger partial charge in [0.15, 0.2) is 0 Å². The van der Waals surface area contributed by atoms with Crippen molar-refractivity contribution >= 4 is 22.4 Å². The second-order valence-electron chi connectivity index (χ2n) is 6.36. The van der Waals surface area contributed by atoms with Crippen molar-refractivity contribution < 1.29 is 4.92 Å². The lowest BCUT2D eigenvalue weighted by Gasteiger charge is -2.30. The summed E-state index contributed by atoms with van der Waals surface area (Å²) in [5.74, 6) is 1.08. The number of nitro groups is 1. The highest BCUT2D eigenvalue weighted by Gasteiger charge is 2.20. The van der Waals surface area contributed by atoms with E-state index in [1.165, 1.54) is 0 Å². The normalized spacial score (nSPS) is 14.8. The average Bonchev–Trinajstić information content (AvgIpc) is 3.02. The fourth-order valence-electron chi connectivity index (χ4n) is 3.47. The predicted molar refractivity (Wildman–Crippen MR) is 99.7 cm³/mol. The SMILES string of the molecule is Cc1ccc(-n2c(N3CCNCC3)cc3ccccc32)cc1[N+](=O)[O-]. The van der Waals surface area contributed by atoms with E-state index in [4.69, 9.17) is 0 Å². The van der Waals surface area contributed by atoms with Gasteiger partial charge in [0, 0.05) is 43.2 Å². The topological polar surface area (TPSA) is 63.3 Å². The van der Waals surface area contributed by atoms with E-state index in [0.717, 1.165) is 48.6 Å². The highest BCUT2D eigenvalue weighted by Crippen LogP contribution is 2.32. The summed E-state index contributed by atoms with van der Waals surface area (Å²) in [6.45, 7) is 5.49. The van der Waals surface area contributed by atoms with Gasteiger partial charge in [-0.05, 0) is 25.1 Å². The smallest absolute Gasteiger partial charge is 0.274 e. The molecule has 25 heavy (non-hydrogen) atoms. The number of aromatic nitrogens is 1. The van der Waals surface area contributed by atoms with Gasteiger partial charge >= 0.3 is 0 Å². The standard InChI is InChI=1S/C19H20N4O2/c1-14-6-7-16(13-18(14)23(24)25)22-17-5-3-2-4-15(17)12-19(22)21-10-8-20-9-11-21/h2-7,12-13,20H,8-11H2,1H3. The first-order valence-electron chi connectivity index (χ1n) is 8.47. The Morgan fingerprint density at radius 2 is 1.84 bits per heavy atom. The van der Waals surface area contributed by atoms with Crippen molar-refractivity contribution in [3.63, 3.8) is 0 Å². The van der Waals surface area contributed by atoms with Crippen molar-refractivity contribution in [2.24, 2.45) is 0 Å². The van der Waals surface area contributed by atoms with E-state index in [9.17, 15) is 10.1 Å². The molecule has 0 amide bonds. The number of piperazine rings is 1. The van der Waals surface area contributed by atoms with E-state index in [1.54, 1.807) is 13.0 Å². The minimum Gasteiger partial charge on any atom is -0.355 e. The Hall–Kier alpha value is -2.86. The van der Waals surface area contributed by atoms with Gasteiger partial charge in [0.2, 0.25) is 0 Å². The zero-order chi connectivity index (χ0) is 17.4. The molecule has 128 valence electrons. The first kappa shape index (κ1) is 15.7. The van der Waals surface area contributed by atoms with Crippen molar-refractivity contribution in [1.29, 1.82) is 0 Å². The minimum absolute atomic E-state index is 0.154. The van der Waals surface area contributed by atoms with Crippen LogP contribution in [0.5, 0.6) is 0 Å². The van der Waals surface area contributed by atoms with E-state index >= 15 is 0 Å². The number of nitro benzene ring substituents is 1. The van der Waals surface area contributed by atoms with Gasteiger partial charge in [0.1, 0.15) is 5.82 Å². The summed E-state index contributed by atoms with van der Waals surface area (Å²) in [7, 11) is 0. The summed E-state index contributed by atoms with van der Waals surface area (Å²) < 4.78 is 2.13. The molecule has 1 fully saturated rings. The number of anilines is 1. The van der Waals surface area contributed by atoms with Gasteiger partial charge in [-0.1, -0.05) is 24.3 Å². The first-order chi connectivity index (χ1) is 12.1. The van der Waals surface area contributed by atoms with Gasteiger partial charge in [0.05, 0.1) is 16.1 Å². The molecule has 3 aromatic rings. The van der Waals surface area contributed by atoms with Crippen LogP contribution in [0.15, 0.2) is 48.5 Å². The maximum atomic E-state index is 11.4. The lowest BCUT2D eigenvalue weighted by atomic mass is 10.2. The van der Waals surface area contributed by atoms with Crippen LogP contribution < -0.4 is 10.2 Å².